The van der Waals surface area contributed by atoms with Crippen LogP contribution in [0.25, 0.3) is 0 Å². The van der Waals surface area contributed by atoms with Crippen molar-refractivity contribution >= 4 is 11.6 Å². The van der Waals surface area contributed by atoms with Crippen molar-refractivity contribution < 1.29 is 9.47 Å². The van der Waals surface area contributed by atoms with Crippen LogP contribution < -0.4 is 0 Å². The summed E-state index contributed by atoms with van der Waals surface area (Å²) in [4.78, 5) is 0. The lowest BCUT2D eigenvalue weighted by atomic mass is 10.1. The normalized spacial score (nSPS) is 23.0. The molecule has 0 amide bonds. The lowest BCUT2D eigenvalue weighted by Gasteiger charge is -2.23. The summed E-state index contributed by atoms with van der Waals surface area (Å²) < 4.78 is 10.8. The Morgan fingerprint density at radius 3 is 2.54 bits per heavy atom. The molecule has 0 N–H and O–H groups in total. The van der Waals surface area contributed by atoms with Crippen LogP contribution in [-0.4, -0.2) is 19.8 Å². The zero-order valence-electron chi connectivity index (χ0n) is 7.20. The van der Waals surface area contributed by atoms with E-state index in [9.17, 15) is 0 Å². The number of halogens is 1. The van der Waals surface area contributed by atoms with Crippen LogP contribution in [0.2, 0.25) is 5.02 Å². The van der Waals surface area contributed by atoms with Crippen LogP contribution in [0.15, 0.2) is 24.3 Å². The van der Waals surface area contributed by atoms with Crippen molar-refractivity contribution in [2.75, 3.05) is 19.8 Å². The standard InChI is InChI=1S/C10H11ClO2/c11-9-3-1-8(2-4-9)10-7-12-5-6-13-10/h1-4,10H,5-7H2. The Labute approximate surface area is 82.4 Å². The number of hydrogen-bond acceptors (Lipinski definition) is 2. The molecule has 1 fully saturated rings. The fourth-order valence-corrected chi connectivity index (χ4v) is 1.48. The summed E-state index contributed by atoms with van der Waals surface area (Å²) in [5, 5.41) is 0.750. The molecule has 2 rings (SSSR count). The maximum atomic E-state index is 5.78. The summed E-state index contributed by atoms with van der Waals surface area (Å²) in [6.45, 7) is 2.01. The molecular formula is C10H11ClO2. The van der Waals surface area contributed by atoms with Crippen molar-refractivity contribution in [3.05, 3.63) is 34.9 Å². The quantitative estimate of drug-likeness (QED) is 0.690. The van der Waals surface area contributed by atoms with Crippen molar-refractivity contribution in [3.8, 4) is 0 Å². The highest BCUT2D eigenvalue weighted by Crippen LogP contribution is 2.21. The van der Waals surface area contributed by atoms with Crippen LogP contribution in [0.1, 0.15) is 11.7 Å². The number of benzene rings is 1. The van der Waals surface area contributed by atoms with Crippen LogP contribution in [0.3, 0.4) is 0 Å². The fraction of sp³-hybridized carbons (Fsp3) is 0.400. The predicted octanol–water partition coefficient (Wildman–Crippen LogP) is 2.43. The fourth-order valence-electron chi connectivity index (χ4n) is 1.36. The summed E-state index contributed by atoms with van der Waals surface area (Å²) in [7, 11) is 0. The van der Waals surface area contributed by atoms with Crippen LogP contribution in [0.5, 0.6) is 0 Å². The average molecular weight is 199 g/mol. The van der Waals surface area contributed by atoms with Gasteiger partial charge in [-0.2, -0.15) is 0 Å². The second-order valence-electron chi connectivity index (χ2n) is 2.99. The van der Waals surface area contributed by atoms with Gasteiger partial charge in [0.2, 0.25) is 0 Å². The van der Waals surface area contributed by atoms with Gasteiger partial charge in [0.25, 0.3) is 0 Å². The minimum atomic E-state index is 0.0750. The Kier molecular flexibility index (Phi) is 2.83. The zero-order valence-corrected chi connectivity index (χ0v) is 7.96. The van der Waals surface area contributed by atoms with Gasteiger partial charge >= 0.3 is 0 Å². The van der Waals surface area contributed by atoms with E-state index >= 15 is 0 Å². The number of rotatable bonds is 1. The Balaban J connectivity index is 2.10. The molecule has 2 nitrogen and oxygen atoms in total. The molecule has 1 aromatic carbocycles. The SMILES string of the molecule is Clc1ccc(C2COCCO2)cc1. The van der Waals surface area contributed by atoms with E-state index in [2.05, 4.69) is 0 Å². The lowest BCUT2D eigenvalue weighted by molar-refractivity contribution is -0.0901. The zero-order chi connectivity index (χ0) is 9.10. The highest BCUT2D eigenvalue weighted by molar-refractivity contribution is 6.30. The first-order valence-electron chi connectivity index (χ1n) is 4.31. The Hall–Kier alpha value is -0.570. The first-order valence-corrected chi connectivity index (χ1v) is 4.69. The molecule has 3 heteroatoms. The summed E-state index contributed by atoms with van der Waals surface area (Å²) in [5.41, 5.74) is 1.13. The largest absolute Gasteiger partial charge is 0.376 e. The first kappa shape index (κ1) is 9.00. The summed E-state index contributed by atoms with van der Waals surface area (Å²) in [6.07, 6.45) is 0.0750. The molecule has 1 aliphatic heterocycles. The van der Waals surface area contributed by atoms with Gasteiger partial charge in [0.15, 0.2) is 0 Å². The van der Waals surface area contributed by atoms with Crippen LogP contribution in [0, 0.1) is 0 Å². The van der Waals surface area contributed by atoms with Crippen LogP contribution in [-0.2, 0) is 9.47 Å². The van der Waals surface area contributed by atoms with E-state index in [1.54, 1.807) is 0 Å². The van der Waals surface area contributed by atoms with Crippen molar-refractivity contribution in [2.45, 2.75) is 6.10 Å². The molecule has 1 unspecified atom stereocenters. The Bertz CT molecular complexity index is 265. The third-order valence-electron chi connectivity index (χ3n) is 2.06. The van der Waals surface area contributed by atoms with E-state index in [0.717, 1.165) is 10.6 Å². The smallest absolute Gasteiger partial charge is 0.106 e. The molecule has 0 bridgehead atoms. The van der Waals surface area contributed by atoms with Crippen molar-refractivity contribution in [2.24, 2.45) is 0 Å². The van der Waals surface area contributed by atoms with E-state index in [0.29, 0.717) is 19.8 Å². The highest BCUT2D eigenvalue weighted by atomic mass is 35.5. The van der Waals surface area contributed by atoms with Crippen molar-refractivity contribution in [3.63, 3.8) is 0 Å². The summed E-state index contributed by atoms with van der Waals surface area (Å²) in [5.74, 6) is 0. The summed E-state index contributed by atoms with van der Waals surface area (Å²) in [6, 6.07) is 7.69. The molecule has 0 aliphatic carbocycles. The van der Waals surface area contributed by atoms with Gasteiger partial charge in [-0.3, -0.25) is 0 Å². The average Bonchev–Trinajstić information content (AvgIpc) is 2.20. The highest BCUT2D eigenvalue weighted by Gasteiger charge is 2.15. The third-order valence-corrected chi connectivity index (χ3v) is 2.31. The minimum absolute atomic E-state index is 0.0750. The molecule has 1 atom stereocenters. The topological polar surface area (TPSA) is 18.5 Å². The number of hydrogen-bond donors (Lipinski definition) is 0. The molecule has 1 saturated heterocycles. The van der Waals surface area contributed by atoms with Gasteiger partial charge < -0.3 is 9.47 Å². The maximum absolute atomic E-state index is 5.78. The van der Waals surface area contributed by atoms with E-state index in [1.807, 2.05) is 24.3 Å². The van der Waals surface area contributed by atoms with Crippen molar-refractivity contribution in [1.82, 2.24) is 0 Å². The molecule has 1 aliphatic rings. The predicted molar refractivity (Wildman–Crippen MR) is 51.0 cm³/mol. The first-order chi connectivity index (χ1) is 6.36. The second kappa shape index (κ2) is 4.09. The maximum Gasteiger partial charge on any atom is 0.106 e. The van der Waals surface area contributed by atoms with Gasteiger partial charge in [0.1, 0.15) is 6.10 Å². The molecule has 13 heavy (non-hydrogen) atoms. The van der Waals surface area contributed by atoms with E-state index < -0.39 is 0 Å². The molecule has 0 aromatic heterocycles. The second-order valence-corrected chi connectivity index (χ2v) is 3.42. The molecule has 0 spiro atoms. The van der Waals surface area contributed by atoms with Gasteiger partial charge in [-0.15, -0.1) is 0 Å². The Morgan fingerprint density at radius 2 is 1.92 bits per heavy atom. The molecular weight excluding hydrogens is 188 g/mol. The molecule has 70 valence electrons. The van der Waals surface area contributed by atoms with Crippen LogP contribution in [0.4, 0.5) is 0 Å². The van der Waals surface area contributed by atoms with Gasteiger partial charge in [-0.1, -0.05) is 23.7 Å². The monoisotopic (exact) mass is 198 g/mol. The lowest BCUT2D eigenvalue weighted by Crippen LogP contribution is -2.21. The minimum Gasteiger partial charge on any atom is -0.376 e. The number of ether oxygens (including phenoxy) is 2. The van der Waals surface area contributed by atoms with Gasteiger partial charge in [0.05, 0.1) is 19.8 Å². The van der Waals surface area contributed by atoms with E-state index in [1.165, 1.54) is 0 Å². The van der Waals surface area contributed by atoms with Gasteiger partial charge in [0, 0.05) is 5.02 Å². The molecule has 1 aromatic rings. The molecule has 1 heterocycles. The van der Waals surface area contributed by atoms with Crippen LogP contribution >= 0.6 is 11.6 Å². The molecule has 0 radical (unpaired) electrons. The van der Waals surface area contributed by atoms with Gasteiger partial charge in [-0.05, 0) is 17.7 Å². The third kappa shape index (κ3) is 2.21. The van der Waals surface area contributed by atoms with Gasteiger partial charge in [-0.25, -0.2) is 0 Å². The van der Waals surface area contributed by atoms with E-state index in [4.69, 9.17) is 21.1 Å². The van der Waals surface area contributed by atoms with E-state index in [-0.39, 0.29) is 6.10 Å². The summed E-state index contributed by atoms with van der Waals surface area (Å²) >= 11 is 5.78. The van der Waals surface area contributed by atoms with Crippen molar-refractivity contribution in [1.29, 1.82) is 0 Å². The molecule has 0 saturated carbocycles. The Morgan fingerprint density at radius 1 is 1.15 bits per heavy atom.